The quantitative estimate of drug-likeness (QED) is 0.580. The molecule has 3 aliphatic rings. The standard InChI is InChI=1S/C21H33N5OS/c1-14-22-25-19(26(14)16-8-6-5-7-9-16)28-13-18(27)24-23-17-12-15-10-11-21(17,4)20(15,2)3/h15-16H,5-13H2,1-4H3,(H,24,27)/t15-,21-/m1/s1. The van der Waals surface area contributed by atoms with E-state index in [1.165, 1.54) is 62.4 Å². The molecule has 1 heterocycles. The van der Waals surface area contributed by atoms with E-state index in [1.54, 1.807) is 0 Å². The van der Waals surface area contributed by atoms with Crippen molar-refractivity contribution < 1.29 is 4.79 Å². The average Bonchev–Trinajstić information content (AvgIpc) is 3.22. The Balaban J connectivity index is 1.36. The first-order valence-corrected chi connectivity index (χ1v) is 11.7. The minimum atomic E-state index is -0.0578. The van der Waals surface area contributed by atoms with Crippen LogP contribution in [-0.2, 0) is 4.79 Å². The van der Waals surface area contributed by atoms with E-state index in [-0.39, 0.29) is 16.7 Å². The Kier molecular flexibility index (Phi) is 5.31. The molecule has 3 saturated carbocycles. The first-order chi connectivity index (χ1) is 13.3. The summed E-state index contributed by atoms with van der Waals surface area (Å²) in [6.07, 6.45) is 9.69. The Labute approximate surface area is 172 Å². The summed E-state index contributed by atoms with van der Waals surface area (Å²) >= 11 is 1.47. The van der Waals surface area contributed by atoms with Crippen LogP contribution in [0.25, 0.3) is 0 Å². The summed E-state index contributed by atoms with van der Waals surface area (Å²) in [4.78, 5) is 12.4. The molecule has 0 radical (unpaired) electrons. The largest absolute Gasteiger partial charge is 0.303 e. The number of hydrogen-bond acceptors (Lipinski definition) is 5. The van der Waals surface area contributed by atoms with Crippen molar-refractivity contribution in [1.29, 1.82) is 0 Å². The minimum Gasteiger partial charge on any atom is -0.303 e. The molecule has 2 bridgehead atoms. The van der Waals surface area contributed by atoms with Gasteiger partial charge in [-0.2, -0.15) is 5.10 Å². The van der Waals surface area contributed by atoms with Gasteiger partial charge in [0.05, 0.1) is 5.75 Å². The van der Waals surface area contributed by atoms with Gasteiger partial charge in [0.2, 0.25) is 0 Å². The van der Waals surface area contributed by atoms with Crippen molar-refractivity contribution in [3.8, 4) is 0 Å². The SMILES string of the molecule is Cc1nnc(SCC(=O)NN=C2C[C@H]3CC[C@@]2(C)C3(C)C)n1C1CCCCC1. The number of aryl methyl sites for hydroxylation is 1. The molecule has 0 aromatic carbocycles. The van der Waals surface area contributed by atoms with Gasteiger partial charge >= 0.3 is 0 Å². The van der Waals surface area contributed by atoms with Gasteiger partial charge < -0.3 is 4.57 Å². The van der Waals surface area contributed by atoms with Crippen LogP contribution in [0.2, 0.25) is 0 Å². The van der Waals surface area contributed by atoms with Crippen LogP contribution in [0, 0.1) is 23.7 Å². The molecule has 1 aromatic rings. The summed E-state index contributed by atoms with van der Waals surface area (Å²) < 4.78 is 2.24. The van der Waals surface area contributed by atoms with Crippen LogP contribution in [0.3, 0.4) is 0 Å². The van der Waals surface area contributed by atoms with Crippen LogP contribution in [0.1, 0.15) is 84.0 Å². The maximum absolute atomic E-state index is 12.4. The van der Waals surface area contributed by atoms with Crippen LogP contribution in [0.15, 0.2) is 10.3 Å². The number of amides is 1. The number of thioether (sulfide) groups is 1. The zero-order chi connectivity index (χ0) is 19.9. The molecule has 4 rings (SSSR count). The number of nitrogens with one attached hydrogen (secondary N) is 1. The molecule has 2 atom stereocenters. The summed E-state index contributed by atoms with van der Waals surface area (Å²) in [5.74, 6) is 1.91. The molecule has 0 saturated heterocycles. The number of aromatic nitrogens is 3. The van der Waals surface area contributed by atoms with Crippen LogP contribution >= 0.6 is 11.8 Å². The highest BCUT2D eigenvalue weighted by molar-refractivity contribution is 7.99. The fourth-order valence-corrected chi connectivity index (χ4v) is 6.44. The minimum absolute atomic E-state index is 0.0578. The molecule has 6 nitrogen and oxygen atoms in total. The topological polar surface area (TPSA) is 72.2 Å². The van der Waals surface area contributed by atoms with E-state index in [1.807, 2.05) is 6.92 Å². The van der Waals surface area contributed by atoms with Gasteiger partial charge in [-0.05, 0) is 50.4 Å². The monoisotopic (exact) mass is 403 g/mol. The predicted octanol–water partition coefficient (Wildman–Crippen LogP) is 4.50. The first-order valence-electron chi connectivity index (χ1n) is 10.7. The number of carbonyl (C=O) groups excluding carboxylic acids is 1. The van der Waals surface area contributed by atoms with E-state index < -0.39 is 0 Å². The number of fused-ring (bicyclic) bond motifs is 2. The van der Waals surface area contributed by atoms with Gasteiger partial charge in [-0.15, -0.1) is 10.2 Å². The lowest BCUT2D eigenvalue weighted by molar-refractivity contribution is -0.118. The molecule has 1 N–H and O–H groups in total. The Hall–Kier alpha value is -1.37. The second-order valence-corrected chi connectivity index (χ2v) is 10.5. The van der Waals surface area contributed by atoms with Crippen molar-refractivity contribution in [2.45, 2.75) is 90.3 Å². The highest BCUT2D eigenvalue weighted by atomic mass is 32.2. The molecule has 0 unspecified atom stereocenters. The zero-order valence-electron chi connectivity index (χ0n) is 17.6. The maximum Gasteiger partial charge on any atom is 0.250 e. The lowest BCUT2D eigenvalue weighted by atomic mass is 9.70. The van der Waals surface area contributed by atoms with E-state index in [9.17, 15) is 4.79 Å². The molecule has 28 heavy (non-hydrogen) atoms. The molecule has 0 spiro atoms. The van der Waals surface area contributed by atoms with Crippen molar-refractivity contribution >= 4 is 23.4 Å². The van der Waals surface area contributed by atoms with Crippen LogP contribution < -0.4 is 5.43 Å². The number of nitrogens with zero attached hydrogens (tertiary/aromatic N) is 4. The lowest BCUT2D eigenvalue weighted by Gasteiger charge is -2.34. The van der Waals surface area contributed by atoms with E-state index in [2.05, 4.69) is 46.1 Å². The van der Waals surface area contributed by atoms with Gasteiger partial charge in [-0.25, -0.2) is 5.43 Å². The molecule has 3 fully saturated rings. The number of hydrazone groups is 1. The molecule has 0 aliphatic heterocycles. The van der Waals surface area contributed by atoms with Crippen molar-refractivity contribution in [2.75, 3.05) is 5.75 Å². The molecule has 154 valence electrons. The third-order valence-electron chi connectivity index (χ3n) is 7.93. The van der Waals surface area contributed by atoms with Gasteiger partial charge in [0.25, 0.3) is 5.91 Å². The van der Waals surface area contributed by atoms with Crippen LogP contribution in [0.4, 0.5) is 0 Å². The van der Waals surface area contributed by atoms with Gasteiger partial charge in [0, 0.05) is 17.2 Å². The number of hydrogen-bond donors (Lipinski definition) is 1. The van der Waals surface area contributed by atoms with Crippen LogP contribution in [-0.4, -0.2) is 32.1 Å². The molecular formula is C21H33N5OS. The van der Waals surface area contributed by atoms with E-state index >= 15 is 0 Å². The summed E-state index contributed by atoms with van der Waals surface area (Å²) in [6, 6.07) is 0.478. The van der Waals surface area contributed by atoms with Gasteiger partial charge in [-0.3, -0.25) is 4.79 Å². The highest BCUT2D eigenvalue weighted by Gasteiger charge is 2.60. The second-order valence-electron chi connectivity index (χ2n) is 9.57. The molecular weight excluding hydrogens is 370 g/mol. The fourth-order valence-electron chi connectivity index (χ4n) is 5.60. The van der Waals surface area contributed by atoms with E-state index in [4.69, 9.17) is 0 Å². The van der Waals surface area contributed by atoms with Crippen molar-refractivity contribution in [3.05, 3.63) is 5.82 Å². The maximum atomic E-state index is 12.4. The van der Waals surface area contributed by atoms with E-state index in [0.29, 0.717) is 17.7 Å². The number of carbonyl (C=O) groups is 1. The summed E-state index contributed by atoms with van der Waals surface area (Å²) in [5.41, 5.74) is 4.39. The Morgan fingerprint density at radius 2 is 1.96 bits per heavy atom. The summed E-state index contributed by atoms with van der Waals surface area (Å²) in [7, 11) is 0. The smallest absolute Gasteiger partial charge is 0.250 e. The molecule has 1 amide bonds. The van der Waals surface area contributed by atoms with Gasteiger partial charge in [0.1, 0.15) is 5.82 Å². The first kappa shape index (κ1) is 19.9. The summed E-state index contributed by atoms with van der Waals surface area (Å²) in [5, 5.41) is 14.0. The van der Waals surface area contributed by atoms with Crippen molar-refractivity contribution in [2.24, 2.45) is 21.8 Å². The third kappa shape index (κ3) is 3.29. The molecule has 7 heteroatoms. The average molecular weight is 404 g/mol. The molecule has 3 aliphatic carbocycles. The lowest BCUT2D eigenvalue weighted by Crippen LogP contribution is -2.34. The Morgan fingerprint density at radius 3 is 2.61 bits per heavy atom. The van der Waals surface area contributed by atoms with Crippen LogP contribution in [0.5, 0.6) is 0 Å². The second kappa shape index (κ2) is 7.47. The molecule has 1 aromatic heterocycles. The summed E-state index contributed by atoms with van der Waals surface area (Å²) in [6.45, 7) is 9.03. The number of rotatable bonds is 5. The predicted molar refractivity (Wildman–Crippen MR) is 112 cm³/mol. The van der Waals surface area contributed by atoms with E-state index in [0.717, 1.165) is 17.4 Å². The zero-order valence-corrected chi connectivity index (χ0v) is 18.4. The van der Waals surface area contributed by atoms with Gasteiger partial charge in [0.15, 0.2) is 5.16 Å². The van der Waals surface area contributed by atoms with Crippen molar-refractivity contribution in [1.82, 2.24) is 20.2 Å². The van der Waals surface area contributed by atoms with Crippen molar-refractivity contribution in [3.63, 3.8) is 0 Å². The Bertz CT molecular complexity index is 780. The Morgan fingerprint density at radius 1 is 1.21 bits per heavy atom. The highest BCUT2D eigenvalue weighted by Crippen LogP contribution is 2.63. The van der Waals surface area contributed by atoms with Gasteiger partial charge in [-0.1, -0.05) is 51.8 Å². The fraction of sp³-hybridized carbons (Fsp3) is 0.810. The third-order valence-corrected chi connectivity index (χ3v) is 8.88. The normalized spacial score (nSPS) is 30.9.